The number of rotatable bonds is 7. The van der Waals surface area contributed by atoms with Crippen molar-refractivity contribution in [1.29, 1.82) is 0 Å². The quantitative estimate of drug-likeness (QED) is 0.756. The number of benzene rings is 1. The first-order valence-corrected chi connectivity index (χ1v) is 10.5. The van der Waals surface area contributed by atoms with E-state index in [0.717, 1.165) is 37.7 Å². The smallest absolute Gasteiger partial charge is 0.227 e. The predicted octanol–water partition coefficient (Wildman–Crippen LogP) is 4.44. The summed E-state index contributed by atoms with van der Waals surface area (Å²) in [6.45, 7) is 2.80. The van der Waals surface area contributed by atoms with Crippen molar-refractivity contribution < 1.29 is 9.90 Å². The van der Waals surface area contributed by atoms with Gasteiger partial charge in [0.2, 0.25) is 5.91 Å². The molecule has 0 aliphatic heterocycles. The monoisotopic (exact) mass is 371 g/mol. The third-order valence-electron chi connectivity index (χ3n) is 5.67. The van der Waals surface area contributed by atoms with Gasteiger partial charge in [-0.1, -0.05) is 55.2 Å². The number of aliphatic hydroxyl groups is 1. The normalized spacial score (nSPS) is 17.6. The highest BCUT2D eigenvalue weighted by atomic mass is 32.1. The van der Waals surface area contributed by atoms with Gasteiger partial charge in [-0.3, -0.25) is 4.79 Å². The molecule has 1 aromatic heterocycles. The molecule has 1 saturated carbocycles. The van der Waals surface area contributed by atoms with Gasteiger partial charge >= 0.3 is 0 Å². The minimum atomic E-state index is -0.186. The molecular formula is C22H29NO2S. The fourth-order valence-corrected chi connectivity index (χ4v) is 4.63. The zero-order valence-corrected chi connectivity index (χ0v) is 16.4. The molecular weight excluding hydrogens is 342 g/mol. The molecule has 1 heterocycles. The Bertz CT molecular complexity index is 687. The number of carbonyl (C=O) groups is 1. The molecule has 1 fully saturated rings. The van der Waals surface area contributed by atoms with Crippen LogP contribution in [0.2, 0.25) is 0 Å². The van der Waals surface area contributed by atoms with Gasteiger partial charge in [-0.15, -0.1) is 11.3 Å². The van der Waals surface area contributed by atoms with Crippen LogP contribution in [0.1, 0.15) is 54.0 Å². The Morgan fingerprint density at radius 2 is 1.92 bits per heavy atom. The number of hydrogen-bond donors (Lipinski definition) is 2. The van der Waals surface area contributed by atoms with Crippen molar-refractivity contribution in [3.05, 3.63) is 57.8 Å². The van der Waals surface area contributed by atoms with Gasteiger partial charge in [-0.2, -0.15) is 0 Å². The van der Waals surface area contributed by atoms with E-state index in [1.807, 2.05) is 6.07 Å². The Kier molecular flexibility index (Phi) is 6.49. The van der Waals surface area contributed by atoms with Crippen LogP contribution >= 0.6 is 11.3 Å². The summed E-state index contributed by atoms with van der Waals surface area (Å²) in [6, 6.07) is 12.4. The van der Waals surface area contributed by atoms with Gasteiger partial charge in [0.25, 0.3) is 0 Å². The van der Waals surface area contributed by atoms with E-state index in [-0.39, 0.29) is 23.8 Å². The lowest BCUT2D eigenvalue weighted by molar-refractivity contribution is -0.123. The van der Waals surface area contributed by atoms with Crippen molar-refractivity contribution in [1.82, 2.24) is 5.32 Å². The fourth-order valence-electron chi connectivity index (χ4n) is 3.88. The highest BCUT2D eigenvalue weighted by Gasteiger charge is 2.33. The Morgan fingerprint density at radius 3 is 2.54 bits per heavy atom. The van der Waals surface area contributed by atoms with Crippen LogP contribution in [0.4, 0.5) is 0 Å². The van der Waals surface area contributed by atoms with Crippen molar-refractivity contribution in [2.45, 2.75) is 51.4 Å². The number of carbonyl (C=O) groups excluding carboxylic acids is 1. The van der Waals surface area contributed by atoms with E-state index >= 15 is 0 Å². The first-order valence-electron chi connectivity index (χ1n) is 9.59. The van der Waals surface area contributed by atoms with Gasteiger partial charge in [0.15, 0.2) is 0 Å². The number of aliphatic hydroxyl groups excluding tert-OH is 1. The topological polar surface area (TPSA) is 49.3 Å². The molecule has 140 valence electrons. The summed E-state index contributed by atoms with van der Waals surface area (Å²) in [5.74, 6) is -0.116. The van der Waals surface area contributed by atoms with Crippen molar-refractivity contribution in [3.8, 4) is 0 Å². The first-order chi connectivity index (χ1) is 12.6. The van der Waals surface area contributed by atoms with E-state index in [1.54, 1.807) is 11.3 Å². The molecule has 3 nitrogen and oxygen atoms in total. The second kappa shape index (κ2) is 8.83. The van der Waals surface area contributed by atoms with Gasteiger partial charge in [-0.05, 0) is 43.2 Å². The van der Waals surface area contributed by atoms with Gasteiger partial charge < -0.3 is 10.4 Å². The Balaban J connectivity index is 1.72. The number of aryl methyl sites for hydroxylation is 1. The van der Waals surface area contributed by atoms with Crippen molar-refractivity contribution in [2.75, 3.05) is 13.2 Å². The molecule has 2 N–H and O–H groups in total. The van der Waals surface area contributed by atoms with Crippen LogP contribution < -0.4 is 5.32 Å². The van der Waals surface area contributed by atoms with E-state index in [2.05, 4.69) is 48.0 Å². The predicted molar refractivity (Wildman–Crippen MR) is 108 cm³/mol. The fraction of sp³-hybridized carbons (Fsp3) is 0.500. The van der Waals surface area contributed by atoms with E-state index < -0.39 is 0 Å². The second-order valence-electron chi connectivity index (χ2n) is 7.68. The molecule has 1 aliphatic rings. The molecule has 0 spiro atoms. The van der Waals surface area contributed by atoms with Crippen LogP contribution in [0.15, 0.2) is 41.8 Å². The van der Waals surface area contributed by atoms with Crippen LogP contribution in [-0.4, -0.2) is 24.2 Å². The summed E-state index contributed by atoms with van der Waals surface area (Å²) in [6.07, 6.45) is 6.26. The van der Waals surface area contributed by atoms with Gasteiger partial charge in [0, 0.05) is 16.8 Å². The van der Waals surface area contributed by atoms with Crippen molar-refractivity contribution in [2.24, 2.45) is 5.41 Å². The van der Waals surface area contributed by atoms with E-state index in [9.17, 15) is 9.90 Å². The molecule has 1 aliphatic carbocycles. The summed E-state index contributed by atoms with van der Waals surface area (Å²) in [4.78, 5) is 14.3. The van der Waals surface area contributed by atoms with Crippen molar-refractivity contribution in [3.63, 3.8) is 0 Å². The summed E-state index contributed by atoms with van der Waals surface area (Å²) in [5.41, 5.74) is 2.13. The number of thiophene rings is 1. The number of nitrogens with one attached hydrogen (secondary N) is 1. The third-order valence-corrected chi connectivity index (χ3v) is 6.57. The highest BCUT2D eigenvalue weighted by molar-refractivity contribution is 7.09. The van der Waals surface area contributed by atoms with Crippen molar-refractivity contribution >= 4 is 17.2 Å². The molecule has 1 aromatic carbocycles. The minimum Gasteiger partial charge on any atom is -0.396 e. The largest absolute Gasteiger partial charge is 0.396 e. The van der Waals surface area contributed by atoms with Crippen LogP contribution in [-0.2, 0) is 11.2 Å². The lowest BCUT2D eigenvalue weighted by Crippen LogP contribution is -2.43. The molecule has 26 heavy (non-hydrogen) atoms. The molecule has 0 radical (unpaired) electrons. The molecule has 0 bridgehead atoms. The van der Waals surface area contributed by atoms with E-state index in [1.165, 1.54) is 16.9 Å². The maximum Gasteiger partial charge on any atom is 0.227 e. The van der Waals surface area contributed by atoms with E-state index in [4.69, 9.17) is 0 Å². The lowest BCUT2D eigenvalue weighted by Gasteiger charge is -2.36. The minimum absolute atomic E-state index is 0.0700. The molecule has 4 heteroatoms. The lowest BCUT2D eigenvalue weighted by atomic mass is 9.74. The first kappa shape index (κ1) is 19.1. The zero-order chi connectivity index (χ0) is 18.4. The summed E-state index contributed by atoms with van der Waals surface area (Å²) in [5, 5.41) is 15.1. The number of amides is 1. The van der Waals surface area contributed by atoms with Gasteiger partial charge in [-0.25, -0.2) is 0 Å². The highest BCUT2D eigenvalue weighted by Crippen LogP contribution is 2.35. The number of hydrogen-bond acceptors (Lipinski definition) is 3. The molecule has 1 unspecified atom stereocenters. The van der Waals surface area contributed by atoms with Crippen LogP contribution in [0.3, 0.4) is 0 Å². The molecule has 3 rings (SSSR count). The zero-order valence-electron chi connectivity index (χ0n) is 15.5. The molecule has 0 saturated heterocycles. The van der Waals surface area contributed by atoms with Gasteiger partial charge in [0.05, 0.1) is 12.5 Å². The Morgan fingerprint density at radius 1 is 1.19 bits per heavy atom. The van der Waals surface area contributed by atoms with Crippen LogP contribution in [0.5, 0.6) is 0 Å². The summed E-state index contributed by atoms with van der Waals surface area (Å²) < 4.78 is 0. The Hall–Kier alpha value is -1.65. The van der Waals surface area contributed by atoms with E-state index in [0.29, 0.717) is 6.54 Å². The average Bonchev–Trinajstić information content (AvgIpc) is 3.19. The molecule has 1 amide bonds. The maximum absolute atomic E-state index is 13.1. The average molecular weight is 372 g/mol. The standard InChI is InChI=1S/C22H29NO2S/c1-17-7-9-18(10-8-17)20(14-19-6-5-13-26-19)21(25)23-15-22(16-24)11-3-2-4-12-22/h5-10,13,20,24H,2-4,11-12,14-16H2,1H3,(H,23,25). The molecule has 1 atom stereocenters. The third kappa shape index (κ3) is 4.74. The van der Waals surface area contributed by atoms with Gasteiger partial charge in [0.1, 0.15) is 0 Å². The van der Waals surface area contributed by atoms with Crippen LogP contribution in [0, 0.1) is 12.3 Å². The maximum atomic E-state index is 13.1. The summed E-state index contributed by atoms with van der Waals surface area (Å²) in [7, 11) is 0. The van der Waals surface area contributed by atoms with Crippen LogP contribution in [0.25, 0.3) is 0 Å². The summed E-state index contributed by atoms with van der Waals surface area (Å²) >= 11 is 1.70. The Labute approximate surface area is 160 Å². The molecule has 2 aromatic rings. The SMILES string of the molecule is Cc1ccc(C(Cc2cccs2)C(=O)NCC2(CO)CCCCC2)cc1. The second-order valence-corrected chi connectivity index (χ2v) is 8.72.